The van der Waals surface area contributed by atoms with Gasteiger partial charge in [0.15, 0.2) is 0 Å². The topological polar surface area (TPSA) is 64.4 Å². The molecule has 4 heteroatoms. The van der Waals surface area contributed by atoms with Gasteiger partial charge in [0.2, 0.25) is 5.91 Å². The fourth-order valence-corrected chi connectivity index (χ4v) is 1.91. The average Bonchev–Trinajstić information content (AvgIpc) is 2.50. The van der Waals surface area contributed by atoms with E-state index in [1.165, 1.54) is 0 Å². The Labute approximate surface area is 124 Å². The summed E-state index contributed by atoms with van der Waals surface area (Å²) >= 11 is 0. The zero-order chi connectivity index (χ0) is 15.1. The third-order valence-corrected chi connectivity index (χ3v) is 3.04. The van der Waals surface area contributed by atoms with E-state index in [1.54, 1.807) is 12.1 Å². The highest BCUT2D eigenvalue weighted by atomic mass is 16.5. The van der Waals surface area contributed by atoms with Crippen LogP contribution in [-0.4, -0.2) is 11.9 Å². The molecule has 2 aromatic rings. The fourth-order valence-electron chi connectivity index (χ4n) is 1.91. The first-order valence-corrected chi connectivity index (χ1v) is 7.08. The molecule has 0 saturated carbocycles. The molecule has 0 aliphatic rings. The second-order valence-electron chi connectivity index (χ2n) is 4.82. The van der Waals surface area contributed by atoms with E-state index in [1.807, 2.05) is 49.4 Å². The summed E-state index contributed by atoms with van der Waals surface area (Å²) in [6, 6.07) is 16.3. The number of carbonyl (C=O) groups is 1. The van der Waals surface area contributed by atoms with Crippen LogP contribution in [0.2, 0.25) is 0 Å². The van der Waals surface area contributed by atoms with Crippen LogP contribution in [0, 0.1) is 0 Å². The van der Waals surface area contributed by atoms with Gasteiger partial charge in [-0.15, -0.1) is 0 Å². The first-order chi connectivity index (χ1) is 10.2. The molecule has 2 aromatic carbocycles. The van der Waals surface area contributed by atoms with Crippen LogP contribution < -0.4 is 15.8 Å². The number of hydrogen-bond donors (Lipinski definition) is 2. The van der Waals surface area contributed by atoms with Crippen LogP contribution in [0.15, 0.2) is 54.6 Å². The van der Waals surface area contributed by atoms with Gasteiger partial charge in [-0.3, -0.25) is 4.79 Å². The lowest BCUT2D eigenvalue weighted by molar-refractivity contribution is -0.117. The number of ether oxygens (including phenoxy) is 1. The summed E-state index contributed by atoms with van der Waals surface area (Å²) in [7, 11) is 0. The van der Waals surface area contributed by atoms with Crippen LogP contribution >= 0.6 is 0 Å². The van der Waals surface area contributed by atoms with Crippen molar-refractivity contribution in [2.75, 3.05) is 5.32 Å². The van der Waals surface area contributed by atoms with Gasteiger partial charge in [-0.25, -0.2) is 0 Å². The summed E-state index contributed by atoms with van der Waals surface area (Å²) in [5.74, 6) is 1.34. The summed E-state index contributed by atoms with van der Waals surface area (Å²) in [4.78, 5) is 11.8. The molecule has 0 spiro atoms. The Morgan fingerprint density at radius 2 is 1.71 bits per heavy atom. The van der Waals surface area contributed by atoms with Crippen LogP contribution in [0.4, 0.5) is 5.69 Å². The van der Waals surface area contributed by atoms with Crippen LogP contribution in [0.5, 0.6) is 11.5 Å². The molecule has 0 heterocycles. The SMILES string of the molecule is CCC[C@H](N)C(=O)Nc1ccc(Oc2ccccc2)cc1. The molecule has 110 valence electrons. The number of amides is 1. The maximum atomic E-state index is 11.8. The van der Waals surface area contributed by atoms with Crippen LogP contribution in [-0.2, 0) is 4.79 Å². The molecule has 0 aliphatic carbocycles. The molecule has 4 nitrogen and oxygen atoms in total. The van der Waals surface area contributed by atoms with Gasteiger partial charge < -0.3 is 15.8 Å². The molecule has 21 heavy (non-hydrogen) atoms. The number of para-hydroxylation sites is 1. The van der Waals surface area contributed by atoms with Gasteiger partial charge in [-0.2, -0.15) is 0 Å². The lowest BCUT2D eigenvalue weighted by Gasteiger charge is -2.11. The molecule has 0 saturated heterocycles. The van der Waals surface area contributed by atoms with Crippen LogP contribution in [0.25, 0.3) is 0 Å². The van der Waals surface area contributed by atoms with E-state index in [9.17, 15) is 4.79 Å². The first kappa shape index (κ1) is 15.1. The van der Waals surface area contributed by atoms with Gasteiger partial charge in [0, 0.05) is 5.69 Å². The Hall–Kier alpha value is -2.33. The molecule has 0 aliphatic heterocycles. The van der Waals surface area contributed by atoms with Crippen molar-refractivity contribution in [2.24, 2.45) is 5.73 Å². The van der Waals surface area contributed by atoms with Crippen molar-refractivity contribution in [3.63, 3.8) is 0 Å². The third kappa shape index (κ3) is 4.61. The standard InChI is InChI=1S/C17H20N2O2/c1-2-6-16(18)17(20)19-13-9-11-15(12-10-13)21-14-7-4-3-5-8-14/h3-5,7-12,16H,2,6,18H2,1H3,(H,19,20)/t16-/m0/s1. The molecule has 1 atom stereocenters. The normalized spacial score (nSPS) is 11.7. The minimum atomic E-state index is -0.463. The quantitative estimate of drug-likeness (QED) is 0.852. The summed E-state index contributed by atoms with van der Waals surface area (Å²) in [5, 5.41) is 2.80. The van der Waals surface area contributed by atoms with Crippen LogP contribution in [0.3, 0.4) is 0 Å². The Bertz CT molecular complexity index is 567. The van der Waals surface area contributed by atoms with Crippen molar-refractivity contribution >= 4 is 11.6 Å². The van der Waals surface area contributed by atoms with Crippen molar-refractivity contribution < 1.29 is 9.53 Å². The smallest absolute Gasteiger partial charge is 0.241 e. The molecule has 0 unspecified atom stereocenters. The molecule has 3 N–H and O–H groups in total. The number of rotatable bonds is 6. The number of benzene rings is 2. The Morgan fingerprint density at radius 1 is 1.10 bits per heavy atom. The number of carbonyl (C=O) groups excluding carboxylic acids is 1. The summed E-state index contributed by atoms with van der Waals surface area (Å²) < 4.78 is 5.69. The number of anilines is 1. The lowest BCUT2D eigenvalue weighted by atomic mass is 10.1. The maximum absolute atomic E-state index is 11.8. The molecule has 0 bridgehead atoms. The fraction of sp³-hybridized carbons (Fsp3) is 0.235. The highest BCUT2D eigenvalue weighted by Crippen LogP contribution is 2.22. The second-order valence-corrected chi connectivity index (χ2v) is 4.82. The van der Waals surface area contributed by atoms with E-state index in [2.05, 4.69) is 5.32 Å². The van der Waals surface area contributed by atoms with Crippen LogP contribution in [0.1, 0.15) is 19.8 Å². The van der Waals surface area contributed by atoms with Gasteiger partial charge in [-0.1, -0.05) is 31.5 Å². The molecule has 0 radical (unpaired) electrons. The molecular weight excluding hydrogens is 264 g/mol. The minimum Gasteiger partial charge on any atom is -0.457 e. The van der Waals surface area contributed by atoms with Gasteiger partial charge >= 0.3 is 0 Å². The van der Waals surface area contributed by atoms with Crippen molar-refractivity contribution in [1.29, 1.82) is 0 Å². The Balaban J connectivity index is 1.94. The van der Waals surface area contributed by atoms with Crippen molar-refractivity contribution in [1.82, 2.24) is 0 Å². The predicted octanol–water partition coefficient (Wildman–Crippen LogP) is 3.54. The minimum absolute atomic E-state index is 0.159. The molecule has 1 amide bonds. The lowest BCUT2D eigenvalue weighted by Crippen LogP contribution is -2.35. The van der Waals surface area contributed by atoms with E-state index in [0.717, 1.165) is 17.9 Å². The van der Waals surface area contributed by atoms with Crippen molar-refractivity contribution in [3.8, 4) is 11.5 Å². The van der Waals surface area contributed by atoms with E-state index >= 15 is 0 Å². The maximum Gasteiger partial charge on any atom is 0.241 e. The largest absolute Gasteiger partial charge is 0.457 e. The predicted molar refractivity (Wildman–Crippen MR) is 84.5 cm³/mol. The molecule has 0 aromatic heterocycles. The number of nitrogens with one attached hydrogen (secondary N) is 1. The molecule has 0 fully saturated rings. The summed E-state index contributed by atoms with van der Waals surface area (Å²) in [5.41, 5.74) is 6.49. The van der Waals surface area contributed by atoms with Gasteiger partial charge in [-0.05, 0) is 42.8 Å². The van der Waals surface area contributed by atoms with E-state index < -0.39 is 6.04 Å². The van der Waals surface area contributed by atoms with E-state index in [-0.39, 0.29) is 5.91 Å². The monoisotopic (exact) mass is 284 g/mol. The average molecular weight is 284 g/mol. The Morgan fingerprint density at radius 3 is 2.33 bits per heavy atom. The highest BCUT2D eigenvalue weighted by molar-refractivity contribution is 5.94. The second kappa shape index (κ2) is 7.45. The van der Waals surface area contributed by atoms with Gasteiger partial charge in [0.05, 0.1) is 6.04 Å². The third-order valence-electron chi connectivity index (χ3n) is 3.04. The zero-order valence-corrected chi connectivity index (χ0v) is 12.1. The summed E-state index contributed by atoms with van der Waals surface area (Å²) in [6.45, 7) is 2.00. The first-order valence-electron chi connectivity index (χ1n) is 7.08. The molecule has 2 rings (SSSR count). The van der Waals surface area contributed by atoms with Crippen molar-refractivity contribution in [3.05, 3.63) is 54.6 Å². The van der Waals surface area contributed by atoms with Gasteiger partial charge in [0.25, 0.3) is 0 Å². The zero-order valence-electron chi connectivity index (χ0n) is 12.1. The number of hydrogen-bond acceptors (Lipinski definition) is 3. The Kier molecular flexibility index (Phi) is 5.35. The summed E-state index contributed by atoms with van der Waals surface area (Å²) in [6.07, 6.45) is 1.57. The van der Waals surface area contributed by atoms with E-state index in [0.29, 0.717) is 12.1 Å². The number of nitrogens with two attached hydrogens (primary N) is 1. The highest BCUT2D eigenvalue weighted by Gasteiger charge is 2.12. The van der Waals surface area contributed by atoms with Crippen molar-refractivity contribution in [2.45, 2.75) is 25.8 Å². The van der Waals surface area contributed by atoms with E-state index in [4.69, 9.17) is 10.5 Å². The van der Waals surface area contributed by atoms with Gasteiger partial charge in [0.1, 0.15) is 11.5 Å². The molecular formula is C17H20N2O2.